The first-order valence-electron chi connectivity index (χ1n) is 8.68. The number of nitrogens with zero attached hydrogens (tertiary/aromatic N) is 3. The lowest BCUT2D eigenvalue weighted by atomic mass is 10.0. The quantitative estimate of drug-likeness (QED) is 0.613. The number of hydrogen-bond acceptors (Lipinski definition) is 5. The average molecular weight is 374 g/mol. The molecule has 1 aliphatic heterocycles. The van der Waals surface area contributed by atoms with Gasteiger partial charge in [0.1, 0.15) is 5.82 Å². The summed E-state index contributed by atoms with van der Waals surface area (Å²) in [5.41, 5.74) is 1.49. The summed E-state index contributed by atoms with van der Waals surface area (Å²) >= 11 is 1.67. The molecule has 1 amide bonds. The number of nitrogens with one attached hydrogen (secondary N) is 1. The molecule has 138 valence electrons. The number of H-pyrrole nitrogens is 1. The van der Waals surface area contributed by atoms with Gasteiger partial charge in [-0.25, -0.2) is 4.98 Å². The zero-order chi connectivity index (χ0) is 18.5. The number of amides is 1. The highest BCUT2D eigenvalue weighted by molar-refractivity contribution is 7.98. The topological polar surface area (TPSA) is 92.1 Å². The van der Waals surface area contributed by atoms with Crippen LogP contribution in [0.2, 0.25) is 0 Å². The first kappa shape index (κ1) is 18.4. The van der Waals surface area contributed by atoms with E-state index in [-0.39, 0.29) is 17.6 Å². The summed E-state index contributed by atoms with van der Waals surface area (Å²) in [6.45, 7) is 0.755. The molecule has 2 aromatic rings. The smallest absolute Gasteiger partial charge is 0.270 e. The number of likely N-dealkylation sites (tertiary alicyclic amines) is 1. The summed E-state index contributed by atoms with van der Waals surface area (Å²) in [5, 5.41) is 11.0. The summed E-state index contributed by atoms with van der Waals surface area (Å²) in [7, 11) is 0. The highest BCUT2D eigenvalue weighted by atomic mass is 32.2. The van der Waals surface area contributed by atoms with Gasteiger partial charge in [-0.15, -0.1) is 0 Å². The standard InChI is InChI=1S/C18H22N4O3S/c1-26-10-8-17(23)21-9-3-2-7-16(21)18-19-12-15(20-18)13-5-4-6-14(11-13)22(24)25/h4-6,11-12,16H,2-3,7-10H2,1H3,(H,19,20). The molecule has 1 unspecified atom stereocenters. The second-order valence-corrected chi connectivity index (χ2v) is 7.32. The van der Waals surface area contributed by atoms with E-state index in [0.29, 0.717) is 12.0 Å². The fraction of sp³-hybridized carbons (Fsp3) is 0.444. The largest absolute Gasteiger partial charge is 0.340 e. The van der Waals surface area contributed by atoms with Crippen LogP contribution in [-0.2, 0) is 4.79 Å². The number of imidazole rings is 1. The van der Waals surface area contributed by atoms with Crippen molar-refractivity contribution in [3.8, 4) is 11.3 Å². The van der Waals surface area contributed by atoms with Gasteiger partial charge < -0.3 is 9.88 Å². The maximum absolute atomic E-state index is 12.5. The van der Waals surface area contributed by atoms with Crippen LogP contribution < -0.4 is 0 Å². The zero-order valence-electron chi connectivity index (χ0n) is 14.7. The number of piperidine rings is 1. The van der Waals surface area contributed by atoms with Crippen LogP contribution in [-0.4, -0.2) is 44.3 Å². The van der Waals surface area contributed by atoms with Crippen LogP contribution in [0.15, 0.2) is 30.5 Å². The fourth-order valence-corrected chi connectivity index (χ4v) is 3.67. The molecular formula is C18H22N4O3S. The molecule has 7 nitrogen and oxygen atoms in total. The number of benzene rings is 1. The van der Waals surface area contributed by atoms with E-state index in [9.17, 15) is 14.9 Å². The minimum Gasteiger partial charge on any atom is -0.340 e. The third-order valence-electron chi connectivity index (χ3n) is 4.62. The molecule has 0 saturated carbocycles. The SMILES string of the molecule is CSCCC(=O)N1CCCCC1c1ncc(-c2cccc([N+](=O)[O-])c2)[nH]1. The molecule has 2 heterocycles. The Labute approximate surface area is 156 Å². The molecule has 1 aliphatic rings. The van der Waals surface area contributed by atoms with Crippen LogP contribution >= 0.6 is 11.8 Å². The number of nitro groups is 1. The molecule has 1 aromatic heterocycles. The molecule has 3 rings (SSSR count). The fourth-order valence-electron chi connectivity index (χ4n) is 3.29. The molecule has 0 radical (unpaired) electrons. The predicted octanol–water partition coefficient (Wildman–Crippen LogP) is 3.79. The van der Waals surface area contributed by atoms with Crippen LogP contribution in [0.4, 0.5) is 5.69 Å². The molecule has 26 heavy (non-hydrogen) atoms. The minimum atomic E-state index is -0.409. The van der Waals surface area contributed by atoms with Crippen molar-refractivity contribution in [2.45, 2.75) is 31.7 Å². The van der Waals surface area contributed by atoms with E-state index in [4.69, 9.17) is 0 Å². The average Bonchev–Trinajstić information content (AvgIpc) is 3.16. The van der Waals surface area contributed by atoms with E-state index >= 15 is 0 Å². The van der Waals surface area contributed by atoms with E-state index in [1.165, 1.54) is 12.1 Å². The number of thioether (sulfide) groups is 1. The van der Waals surface area contributed by atoms with E-state index in [1.807, 2.05) is 17.2 Å². The minimum absolute atomic E-state index is 0.0465. The summed E-state index contributed by atoms with van der Waals surface area (Å²) in [6, 6.07) is 6.41. The van der Waals surface area contributed by atoms with Crippen LogP contribution in [0.3, 0.4) is 0 Å². The van der Waals surface area contributed by atoms with E-state index in [2.05, 4.69) is 9.97 Å². The Morgan fingerprint density at radius 2 is 2.31 bits per heavy atom. The number of aromatic nitrogens is 2. The van der Waals surface area contributed by atoms with Gasteiger partial charge in [0, 0.05) is 36.4 Å². The summed E-state index contributed by atoms with van der Waals surface area (Å²) in [5.74, 6) is 1.74. The normalized spacial score (nSPS) is 17.3. The molecule has 8 heteroatoms. The number of rotatable bonds is 6. The van der Waals surface area contributed by atoms with Crippen LogP contribution in [0, 0.1) is 10.1 Å². The lowest BCUT2D eigenvalue weighted by Crippen LogP contribution is -2.39. The summed E-state index contributed by atoms with van der Waals surface area (Å²) < 4.78 is 0. The van der Waals surface area contributed by atoms with Gasteiger partial charge in [-0.1, -0.05) is 12.1 Å². The lowest BCUT2D eigenvalue weighted by molar-refractivity contribution is -0.384. The lowest BCUT2D eigenvalue weighted by Gasteiger charge is -2.34. The molecule has 1 aromatic carbocycles. The number of hydrogen-bond donors (Lipinski definition) is 1. The maximum atomic E-state index is 12.5. The molecular weight excluding hydrogens is 352 g/mol. The molecule has 1 fully saturated rings. The van der Waals surface area contributed by atoms with Crippen molar-refractivity contribution in [1.29, 1.82) is 0 Å². The first-order chi connectivity index (χ1) is 12.6. The Morgan fingerprint density at radius 1 is 1.46 bits per heavy atom. The Bertz CT molecular complexity index is 792. The van der Waals surface area contributed by atoms with Crippen molar-refractivity contribution in [2.24, 2.45) is 0 Å². The van der Waals surface area contributed by atoms with Gasteiger partial charge in [0.2, 0.25) is 5.91 Å². The van der Waals surface area contributed by atoms with Crippen molar-refractivity contribution >= 4 is 23.4 Å². The Kier molecular flexibility index (Phi) is 5.92. The van der Waals surface area contributed by atoms with E-state index < -0.39 is 4.92 Å². The molecule has 0 spiro atoms. The van der Waals surface area contributed by atoms with Gasteiger partial charge in [-0.2, -0.15) is 11.8 Å². The van der Waals surface area contributed by atoms with Gasteiger partial charge in [-0.05, 0) is 25.5 Å². The highest BCUT2D eigenvalue weighted by Crippen LogP contribution is 2.31. The third-order valence-corrected chi connectivity index (χ3v) is 5.23. The van der Waals surface area contributed by atoms with Crippen molar-refractivity contribution < 1.29 is 9.72 Å². The molecule has 0 bridgehead atoms. The number of nitro benzene ring substituents is 1. The highest BCUT2D eigenvalue weighted by Gasteiger charge is 2.29. The Hall–Kier alpha value is -2.35. The van der Waals surface area contributed by atoms with Crippen molar-refractivity contribution in [1.82, 2.24) is 14.9 Å². The van der Waals surface area contributed by atoms with Crippen molar-refractivity contribution in [2.75, 3.05) is 18.6 Å². The van der Waals surface area contributed by atoms with Gasteiger partial charge in [0.05, 0.1) is 22.9 Å². The van der Waals surface area contributed by atoms with Gasteiger partial charge in [0.15, 0.2) is 0 Å². The van der Waals surface area contributed by atoms with Gasteiger partial charge >= 0.3 is 0 Å². The predicted molar refractivity (Wildman–Crippen MR) is 102 cm³/mol. The number of non-ortho nitro benzene ring substituents is 1. The van der Waals surface area contributed by atoms with Gasteiger partial charge in [-0.3, -0.25) is 14.9 Å². The summed E-state index contributed by atoms with van der Waals surface area (Å²) in [6.07, 6.45) is 7.18. The number of carbonyl (C=O) groups is 1. The van der Waals surface area contributed by atoms with Crippen LogP contribution in [0.5, 0.6) is 0 Å². The second-order valence-electron chi connectivity index (χ2n) is 6.33. The Morgan fingerprint density at radius 3 is 3.08 bits per heavy atom. The maximum Gasteiger partial charge on any atom is 0.270 e. The van der Waals surface area contributed by atoms with E-state index in [1.54, 1.807) is 24.0 Å². The van der Waals surface area contributed by atoms with Crippen LogP contribution in [0.25, 0.3) is 11.3 Å². The molecule has 0 aliphatic carbocycles. The second kappa shape index (κ2) is 8.35. The van der Waals surface area contributed by atoms with E-state index in [0.717, 1.165) is 43.1 Å². The van der Waals surface area contributed by atoms with Crippen molar-refractivity contribution in [3.63, 3.8) is 0 Å². The number of aromatic amines is 1. The van der Waals surface area contributed by atoms with Crippen molar-refractivity contribution in [3.05, 3.63) is 46.4 Å². The molecule has 1 saturated heterocycles. The number of carbonyl (C=O) groups excluding carboxylic acids is 1. The van der Waals surface area contributed by atoms with Gasteiger partial charge in [0.25, 0.3) is 5.69 Å². The monoisotopic (exact) mass is 374 g/mol. The first-order valence-corrected chi connectivity index (χ1v) is 10.1. The third kappa shape index (κ3) is 4.07. The Balaban J connectivity index is 1.82. The summed E-state index contributed by atoms with van der Waals surface area (Å²) in [4.78, 5) is 32.8. The molecule has 1 atom stereocenters. The zero-order valence-corrected chi connectivity index (χ0v) is 15.5. The van der Waals surface area contributed by atoms with Crippen LogP contribution in [0.1, 0.15) is 37.5 Å². The molecule has 1 N–H and O–H groups in total.